The van der Waals surface area contributed by atoms with Gasteiger partial charge in [-0.3, -0.25) is 14.4 Å². The van der Waals surface area contributed by atoms with Gasteiger partial charge in [-0.2, -0.15) is 0 Å². The number of carbonyl (C=O) groups is 2. The lowest BCUT2D eigenvalue weighted by atomic mass is 10.0. The third-order valence-electron chi connectivity index (χ3n) is 4.21. The summed E-state index contributed by atoms with van der Waals surface area (Å²) in [4.78, 5) is 37.7. The zero-order valence-corrected chi connectivity index (χ0v) is 14.2. The molecule has 1 aromatic carbocycles. The van der Waals surface area contributed by atoms with Gasteiger partial charge in [-0.05, 0) is 12.5 Å². The molecule has 1 aliphatic rings. The summed E-state index contributed by atoms with van der Waals surface area (Å²) in [6, 6.07) is 9.50. The van der Waals surface area contributed by atoms with Crippen LogP contribution >= 0.6 is 11.3 Å². The van der Waals surface area contributed by atoms with Gasteiger partial charge < -0.3 is 14.8 Å². The first-order valence-corrected chi connectivity index (χ1v) is 8.70. The predicted molar refractivity (Wildman–Crippen MR) is 91.8 cm³/mol. The second kappa shape index (κ2) is 7.00. The van der Waals surface area contributed by atoms with Crippen molar-refractivity contribution in [3.63, 3.8) is 0 Å². The minimum absolute atomic E-state index is 0.0515. The van der Waals surface area contributed by atoms with Crippen LogP contribution in [0.25, 0.3) is 0 Å². The number of rotatable bonds is 4. The number of aryl methyl sites for hydroxylation is 1. The van der Waals surface area contributed by atoms with Crippen LogP contribution in [0.1, 0.15) is 23.7 Å². The molecule has 2 aromatic rings. The predicted octanol–water partition coefficient (Wildman–Crippen LogP) is 1.31. The van der Waals surface area contributed by atoms with E-state index in [9.17, 15) is 14.4 Å². The summed E-state index contributed by atoms with van der Waals surface area (Å²) >= 11 is 1.13. The SMILES string of the molecule is Cc1csc(=O)n1CCC(=O)N1CC(=O)NCC1c1ccccc1. The van der Waals surface area contributed by atoms with Crippen molar-refractivity contribution < 1.29 is 9.59 Å². The van der Waals surface area contributed by atoms with Gasteiger partial charge in [-0.25, -0.2) is 0 Å². The van der Waals surface area contributed by atoms with Gasteiger partial charge in [0.15, 0.2) is 0 Å². The summed E-state index contributed by atoms with van der Waals surface area (Å²) in [5.41, 5.74) is 1.85. The molecule has 1 unspecified atom stereocenters. The van der Waals surface area contributed by atoms with Crippen LogP contribution in [-0.4, -0.2) is 34.4 Å². The Morgan fingerprint density at radius 2 is 2.04 bits per heavy atom. The molecule has 1 aliphatic heterocycles. The zero-order valence-electron chi connectivity index (χ0n) is 13.4. The van der Waals surface area contributed by atoms with Crippen molar-refractivity contribution >= 4 is 23.2 Å². The monoisotopic (exact) mass is 345 g/mol. The maximum atomic E-state index is 12.7. The molecule has 1 fully saturated rings. The second-order valence-electron chi connectivity index (χ2n) is 5.80. The largest absolute Gasteiger partial charge is 0.352 e. The summed E-state index contributed by atoms with van der Waals surface area (Å²) in [6.07, 6.45) is 0.202. The van der Waals surface area contributed by atoms with E-state index in [1.807, 2.05) is 37.3 Å². The lowest BCUT2D eigenvalue weighted by molar-refractivity contribution is -0.141. The number of thiazole rings is 1. The summed E-state index contributed by atoms with van der Waals surface area (Å²) in [5, 5.41) is 4.60. The maximum Gasteiger partial charge on any atom is 0.307 e. The van der Waals surface area contributed by atoms with Crippen molar-refractivity contribution in [3.05, 3.63) is 56.6 Å². The van der Waals surface area contributed by atoms with Crippen molar-refractivity contribution in [1.82, 2.24) is 14.8 Å². The maximum absolute atomic E-state index is 12.7. The van der Waals surface area contributed by atoms with E-state index in [2.05, 4.69) is 5.32 Å². The van der Waals surface area contributed by atoms with E-state index >= 15 is 0 Å². The summed E-state index contributed by atoms with van der Waals surface area (Å²) in [5.74, 6) is -0.268. The molecule has 1 N–H and O–H groups in total. The zero-order chi connectivity index (χ0) is 17.1. The molecule has 24 heavy (non-hydrogen) atoms. The van der Waals surface area contributed by atoms with E-state index in [1.165, 1.54) is 0 Å². The topological polar surface area (TPSA) is 71.4 Å². The highest BCUT2D eigenvalue weighted by atomic mass is 32.1. The highest BCUT2D eigenvalue weighted by Crippen LogP contribution is 2.23. The molecule has 1 aromatic heterocycles. The Labute approximate surface area is 143 Å². The summed E-state index contributed by atoms with van der Waals surface area (Å²) in [7, 11) is 0. The average molecular weight is 345 g/mol. The van der Waals surface area contributed by atoms with Gasteiger partial charge in [0.25, 0.3) is 0 Å². The van der Waals surface area contributed by atoms with Crippen LogP contribution in [0, 0.1) is 6.92 Å². The number of amides is 2. The molecule has 6 nitrogen and oxygen atoms in total. The molecule has 126 valence electrons. The van der Waals surface area contributed by atoms with Crippen LogP contribution in [0.4, 0.5) is 0 Å². The van der Waals surface area contributed by atoms with Crippen LogP contribution in [0.2, 0.25) is 0 Å². The fourth-order valence-electron chi connectivity index (χ4n) is 2.90. The number of piperazine rings is 1. The first-order chi connectivity index (χ1) is 11.6. The average Bonchev–Trinajstić information content (AvgIpc) is 2.91. The van der Waals surface area contributed by atoms with Crippen LogP contribution in [0.15, 0.2) is 40.5 Å². The number of hydrogen-bond acceptors (Lipinski definition) is 4. The molecule has 2 amide bonds. The fraction of sp³-hybridized carbons (Fsp3) is 0.353. The van der Waals surface area contributed by atoms with Crippen molar-refractivity contribution in [2.75, 3.05) is 13.1 Å². The van der Waals surface area contributed by atoms with Gasteiger partial charge in [0.05, 0.1) is 6.04 Å². The minimum Gasteiger partial charge on any atom is -0.352 e. The third-order valence-corrected chi connectivity index (χ3v) is 5.09. The summed E-state index contributed by atoms with van der Waals surface area (Å²) in [6.45, 7) is 2.65. The van der Waals surface area contributed by atoms with Crippen molar-refractivity contribution in [1.29, 1.82) is 0 Å². The van der Waals surface area contributed by atoms with Gasteiger partial charge in [0.2, 0.25) is 11.8 Å². The van der Waals surface area contributed by atoms with Gasteiger partial charge in [-0.1, -0.05) is 41.7 Å². The summed E-state index contributed by atoms with van der Waals surface area (Å²) < 4.78 is 1.60. The van der Waals surface area contributed by atoms with Gasteiger partial charge in [-0.15, -0.1) is 0 Å². The number of benzene rings is 1. The Balaban J connectivity index is 1.75. The molecule has 0 aliphatic carbocycles. The first-order valence-electron chi connectivity index (χ1n) is 7.82. The van der Waals surface area contributed by atoms with Gasteiger partial charge in [0.1, 0.15) is 6.54 Å². The number of aromatic nitrogens is 1. The van der Waals surface area contributed by atoms with Crippen molar-refractivity contribution in [2.45, 2.75) is 25.9 Å². The van der Waals surface area contributed by atoms with Crippen LogP contribution < -0.4 is 10.2 Å². The molecular weight excluding hydrogens is 326 g/mol. The molecule has 0 radical (unpaired) electrons. The van der Waals surface area contributed by atoms with Crippen LogP contribution in [0.5, 0.6) is 0 Å². The molecule has 7 heteroatoms. The Hall–Kier alpha value is -2.41. The van der Waals surface area contributed by atoms with Crippen molar-refractivity contribution in [3.8, 4) is 0 Å². The Morgan fingerprint density at radius 1 is 1.29 bits per heavy atom. The molecule has 1 atom stereocenters. The van der Waals surface area contributed by atoms with E-state index < -0.39 is 0 Å². The number of nitrogens with zero attached hydrogens (tertiary/aromatic N) is 2. The van der Waals surface area contributed by atoms with Gasteiger partial charge in [0, 0.05) is 30.6 Å². The standard InChI is InChI=1S/C17H19N3O3S/c1-12-11-24-17(23)19(12)8-7-16(22)20-10-15(21)18-9-14(20)13-5-3-2-4-6-13/h2-6,11,14H,7-10H2,1H3,(H,18,21). The van der Waals surface area contributed by atoms with Crippen LogP contribution in [-0.2, 0) is 16.1 Å². The van der Waals surface area contributed by atoms with Crippen LogP contribution in [0.3, 0.4) is 0 Å². The molecule has 0 spiro atoms. The molecule has 0 bridgehead atoms. The third kappa shape index (κ3) is 3.41. The van der Waals surface area contributed by atoms with E-state index in [-0.39, 0.29) is 35.7 Å². The Bertz CT molecular complexity index is 797. The number of carbonyl (C=O) groups excluding carboxylic acids is 2. The first kappa shape index (κ1) is 16.4. The lowest BCUT2D eigenvalue weighted by Gasteiger charge is -2.36. The van der Waals surface area contributed by atoms with E-state index in [4.69, 9.17) is 0 Å². The van der Waals surface area contributed by atoms with E-state index in [0.29, 0.717) is 13.1 Å². The van der Waals surface area contributed by atoms with Gasteiger partial charge >= 0.3 is 4.87 Å². The number of hydrogen-bond donors (Lipinski definition) is 1. The highest BCUT2D eigenvalue weighted by Gasteiger charge is 2.31. The fourth-order valence-corrected chi connectivity index (χ4v) is 3.66. The Kier molecular flexibility index (Phi) is 4.80. The number of nitrogens with one attached hydrogen (secondary N) is 1. The second-order valence-corrected chi connectivity index (χ2v) is 6.62. The lowest BCUT2D eigenvalue weighted by Crippen LogP contribution is -2.52. The highest BCUT2D eigenvalue weighted by molar-refractivity contribution is 7.07. The van der Waals surface area contributed by atoms with E-state index in [0.717, 1.165) is 22.6 Å². The molecule has 0 saturated carbocycles. The Morgan fingerprint density at radius 3 is 2.71 bits per heavy atom. The molecule has 1 saturated heterocycles. The molecular formula is C17H19N3O3S. The van der Waals surface area contributed by atoms with E-state index in [1.54, 1.807) is 14.8 Å². The smallest absolute Gasteiger partial charge is 0.307 e. The van der Waals surface area contributed by atoms with Crippen molar-refractivity contribution in [2.24, 2.45) is 0 Å². The normalized spacial score (nSPS) is 17.6. The quantitative estimate of drug-likeness (QED) is 0.908. The molecule has 3 rings (SSSR count). The minimum atomic E-state index is -0.170. The molecule has 2 heterocycles.